The second-order valence-corrected chi connectivity index (χ2v) is 7.38. The fourth-order valence-electron chi connectivity index (χ4n) is 3.13. The van der Waals surface area contributed by atoms with Crippen LogP contribution in [-0.4, -0.2) is 23.4 Å². The number of nitro groups is 1. The molecule has 1 heterocycles. The number of aryl methyl sites for hydroxylation is 1. The van der Waals surface area contributed by atoms with Gasteiger partial charge in [0.15, 0.2) is 0 Å². The predicted molar refractivity (Wildman–Crippen MR) is 103 cm³/mol. The van der Waals surface area contributed by atoms with E-state index in [2.05, 4.69) is 5.32 Å². The van der Waals surface area contributed by atoms with Gasteiger partial charge in [-0.25, -0.2) is 4.79 Å². The molecule has 0 atom stereocenters. The zero-order valence-electron chi connectivity index (χ0n) is 14.9. The highest BCUT2D eigenvalue weighted by atomic mass is 32.1. The quantitative estimate of drug-likeness (QED) is 0.450. The first-order chi connectivity index (χ1) is 13.0. The molecule has 3 rings (SSSR count). The number of nitrogens with one attached hydrogen (secondary N) is 1. The van der Waals surface area contributed by atoms with E-state index in [1.54, 1.807) is 6.07 Å². The third kappa shape index (κ3) is 4.00. The van der Waals surface area contributed by atoms with Crippen molar-refractivity contribution in [1.29, 1.82) is 0 Å². The Balaban J connectivity index is 1.95. The SMILES string of the molecule is CCCOC(=O)c1c(NC(=O)c2ccccc2[N+](=O)[O-])sc2c1CCCC2. The number of esters is 1. The summed E-state index contributed by atoms with van der Waals surface area (Å²) in [5, 5.41) is 14.3. The topological polar surface area (TPSA) is 98.5 Å². The van der Waals surface area contributed by atoms with Crippen LogP contribution in [0.3, 0.4) is 0 Å². The molecule has 1 aromatic carbocycles. The molecule has 0 saturated carbocycles. The number of anilines is 1. The van der Waals surface area contributed by atoms with Crippen LogP contribution in [0.4, 0.5) is 10.7 Å². The molecule has 0 bridgehead atoms. The summed E-state index contributed by atoms with van der Waals surface area (Å²) in [6.45, 7) is 2.22. The molecule has 8 heteroatoms. The van der Waals surface area contributed by atoms with Crippen LogP contribution in [0.25, 0.3) is 0 Å². The maximum Gasteiger partial charge on any atom is 0.341 e. The van der Waals surface area contributed by atoms with E-state index in [1.165, 1.54) is 29.5 Å². The Kier molecular flexibility index (Phi) is 5.85. The summed E-state index contributed by atoms with van der Waals surface area (Å²) >= 11 is 1.36. The van der Waals surface area contributed by atoms with E-state index in [0.29, 0.717) is 23.6 Å². The van der Waals surface area contributed by atoms with E-state index in [4.69, 9.17) is 4.74 Å². The van der Waals surface area contributed by atoms with Gasteiger partial charge in [0.25, 0.3) is 11.6 Å². The molecule has 1 N–H and O–H groups in total. The van der Waals surface area contributed by atoms with Gasteiger partial charge in [0.2, 0.25) is 0 Å². The molecule has 1 aliphatic rings. The van der Waals surface area contributed by atoms with E-state index < -0.39 is 16.8 Å². The number of amides is 1. The molecule has 142 valence electrons. The predicted octanol–water partition coefficient (Wildman–Crippen LogP) is 4.35. The first kappa shape index (κ1) is 19.0. The Morgan fingerprint density at radius 2 is 2.00 bits per heavy atom. The van der Waals surface area contributed by atoms with Crippen molar-refractivity contribution in [2.24, 2.45) is 0 Å². The van der Waals surface area contributed by atoms with Gasteiger partial charge in [-0.05, 0) is 43.7 Å². The lowest BCUT2D eigenvalue weighted by Crippen LogP contribution is -2.17. The number of nitrogens with zero attached hydrogens (tertiary/aromatic N) is 1. The Labute approximate surface area is 160 Å². The number of benzene rings is 1. The van der Waals surface area contributed by atoms with Crippen molar-refractivity contribution in [3.63, 3.8) is 0 Å². The summed E-state index contributed by atoms with van der Waals surface area (Å²) in [7, 11) is 0. The molecule has 0 radical (unpaired) electrons. The summed E-state index contributed by atoms with van der Waals surface area (Å²) < 4.78 is 5.30. The molecule has 27 heavy (non-hydrogen) atoms. The third-order valence-corrected chi connectivity index (χ3v) is 5.59. The molecule has 7 nitrogen and oxygen atoms in total. The van der Waals surface area contributed by atoms with Crippen LogP contribution in [0.1, 0.15) is 57.3 Å². The largest absolute Gasteiger partial charge is 0.462 e. The van der Waals surface area contributed by atoms with Crippen molar-refractivity contribution in [2.75, 3.05) is 11.9 Å². The van der Waals surface area contributed by atoms with Crippen LogP contribution in [0.15, 0.2) is 24.3 Å². The molecule has 0 aliphatic heterocycles. The second-order valence-electron chi connectivity index (χ2n) is 6.28. The summed E-state index contributed by atoms with van der Waals surface area (Å²) in [6, 6.07) is 5.75. The number of rotatable bonds is 6. The van der Waals surface area contributed by atoms with Crippen molar-refractivity contribution in [3.05, 3.63) is 55.9 Å². The first-order valence-electron chi connectivity index (χ1n) is 8.89. The molecule has 0 spiro atoms. The highest BCUT2D eigenvalue weighted by Gasteiger charge is 2.28. The zero-order chi connectivity index (χ0) is 19.4. The minimum absolute atomic E-state index is 0.0400. The highest BCUT2D eigenvalue weighted by molar-refractivity contribution is 7.17. The van der Waals surface area contributed by atoms with Crippen LogP contribution < -0.4 is 5.32 Å². The molecule has 0 saturated heterocycles. The normalized spacial score (nSPS) is 12.9. The van der Waals surface area contributed by atoms with E-state index in [0.717, 1.165) is 36.1 Å². The van der Waals surface area contributed by atoms with Gasteiger partial charge in [-0.2, -0.15) is 0 Å². The van der Waals surface area contributed by atoms with Crippen LogP contribution in [0.5, 0.6) is 0 Å². The van der Waals surface area contributed by atoms with E-state index in [9.17, 15) is 19.7 Å². The Hall–Kier alpha value is -2.74. The van der Waals surface area contributed by atoms with E-state index in [1.807, 2.05) is 6.92 Å². The first-order valence-corrected chi connectivity index (χ1v) is 9.71. The number of thiophene rings is 1. The molecule has 1 amide bonds. The number of nitro benzene ring substituents is 1. The van der Waals surface area contributed by atoms with Crippen LogP contribution in [0, 0.1) is 10.1 Å². The summed E-state index contributed by atoms with van der Waals surface area (Å²) in [6.07, 6.45) is 4.35. The standard InChI is InChI=1S/C19H20N2O5S/c1-2-11-26-19(23)16-13-8-4-6-10-15(13)27-18(16)20-17(22)12-7-3-5-9-14(12)21(24)25/h3,5,7,9H,2,4,6,8,10-11H2,1H3,(H,20,22). The fraction of sp³-hybridized carbons (Fsp3) is 0.368. The van der Waals surface area contributed by atoms with Crippen molar-refractivity contribution >= 4 is 33.9 Å². The molecule has 0 unspecified atom stereocenters. The molecular weight excluding hydrogens is 368 g/mol. The molecule has 2 aromatic rings. The average Bonchev–Trinajstić information content (AvgIpc) is 3.03. The molecule has 1 aromatic heterocycles. The minimum atomic E-state index is -0.606. The minimum Gasteiger partial charge on any atom is -0.462 e. The zero-order valence-corrected chi connectivity index (χ0v) is 15.8. The van der Waals surface area contributed by atoms with Crippen LogP contribution in [0.2, 0.25) is 0 Å². The highest BCUT2D eigenvalue weighted by Crippen LogP contribution is 2.39. The number of hydrogen-bond donors (Lipinski definition) is 1. The number of ether oxygens (including phenoxy) is 1. The van der Waals surface area contributed by atoms with Gasteiger partial charge in [0.1, 0.15) is 10.6 Å². The van der Waals surface area contributed by atoms with Crippen molar-refractivity contribution in [1.82, 2.24) is 0 Å². The lowest BCUT2D eigenvalue weighted by Gasteiger charge is -2.12. The third-order valence-electron chi connectivity index (χ3n) is 4.39. The van der Waals surface area contributed by atoms with E-state index in [-0.39, 0.29) is 11.3 Å². The van der Waals surface area contributed by atoms with Gasteiger partial charge < -0.3 is 10.1 Å². The lowest BCUT2D eigenvalue weighted by molar-refractivity contribution is -0.385. The smallest absolute Gasteiger partial charge is 0.341 e. The van der Waals surface area contributed by atoms with Gasteiger partial charge in [0.05, 0.1) is 17.1 Å². The maximum atomic E-state index is 12.7. The number of fused-ring (bicyclic) bond motifs is 1. The maximum absolute atomic E-state index is 12.7. The monoisotopic (exact) mass is 388 g/mol. The summed E-state index contributed by atoms with van der Waals surface area (Å²) in [5.41, 5.74) is 1.02. The lowest BCUT2D eigenvalue weighted by atomic mass is 9.95. The number of carbonyl (C=O) groups is 2. The van der Waals surface area contributed by atoms with Gasteiger partial charge >= 0.3 is 5.97 Å². The van der Waals surface area contributed by atoms with Gasteiger partial charge in [-0.15, -0.1) is 11.3 Å². The second kappa shape index (κ2) is 8.30. The summed E-state index contributed by atoms with van der Waals surface area (Å²) in [4.78, 5) is 36.9. The number of para-hydroxylation sites is 1. The molecule has 1 aliphatic carbocycles. The van der Waals surface area contributed by atoms with Crippen LogP contribution in [-0.2, 0) is 17.6 Å². The Morgan fingerprint density at radius 3 is 2.74 bits per heavy atom. The summed E-state index contributed by atoms with van der Waals surface area (Å²) in [5.74, 6) is -1.06. The van der Waals surface area contributed by atoms with Crippen molar-refractivity contribution in [2.45, 2.75) is 39.0 Å². The van der Waals surface area contributed by atoms with Gasteiger partial charge in [-0.1, -0.05) is 19.1 Å². The van der Waals surface area contributed by atoms with Crippen molar-refractivity contribution in [3.8, 4) is 0 Å². The van der Waals surface area contributed by atoms with Crippen LogP contribution >= 0.6 is 11.3 Å². The van der Waals surface area contributed by atoms with Gasteiger partial charge in [0, 0.05) is 10.9 Å². The number of hydrogen-bond acceptors (Lipinski definition) is 6. The van der Waals surface area contributed by atoms with E-state index >= 15 is 0 Å². The Morgan fingerprint density at radius 1 is 1.26 bits per heavy atom. The Bertz CT molecular complexity index is 890. The average molecular weight is 388 g/mol. The fourth-order valence-corrected chi connectivity index (χ4v) is 4.40. The molecular formula is C19H20N2O5S. The number of carbonyl (C=O) groups excluding carboxylic acids is 2. The van der Waals surface area contributed by atoms with Crippen molar-refractivity contribution < 1.29 is 19.2 Å². The molecule has 0 fully saturated rings. The van der Waals surface area contributed by atoms with Gasteiger partial charge in [-0.3, -0.25) is 14.9 Å².